The number of hydrogen-bond acceptors (Lipinski definition) is 6. The van der Waals surface area contributed by atoms with E-state index in [1.54, 1.807) is 18.3 Å². The minimum atomic E-state index is 0.00700. The Hall–Kier alpha value is -1.99. The van der Waals surface area contributed by atoms with E-state index >= 15 is 0 Å². The van der Waals surface area contributed by atoms with Crippen LogP contribution in [0.1, 0.15) is 52.3 Å². The van der Waals surface area contributed by atoms with Gasteiger partial charge in [-0.3, -0.25) is 4.79 Å². The second-order valence-corrected chi connectivity index (χ2v) is 10.1. The van der Waals surface area contributed by atoms with Crippen molar-refractivity contribution in [3.8, 4) is 10.6 Å². The molecular weight excluding hydrogens is 370 g/mol. The molecule has 0 radical (unpaired) electrons. The van der Waals surface area contributed by atoms with Gasteiger partial charge in [-0.2, -0.15) is 0 Å². The predicted octanol–water partition coefficient (Wildman–Crippen LogP) is 3.60. The molecule has 2 aromatic heterocycles. The Morgan fingerprint density at radius 3 is 2.61 bits per heavy atom. The van der Waals surface area contributed by atoms with Crippen LogP contribution in [0.15, 0.2) is 24.4 Å². The highest BCUT2D eigenvalue weighted by molar-refractivity contribution is 7.15. The Balaban J connectivity index is 1.67. The fraction of sp³-hybridized carbons (Fsp3) is 0.571. The molecule has 0 spiro atoms. The molecule has 2 aromatic rings. The minimum Gasteiger partial charge on any atom is -0.356 e. The standard InChI is InChI=1S/C21H31N5OS/c1-14(27)22-10-8-16-6-7-18(28-16)17-9-11-23-19(25-17)24-15-12-20(2,3)26-21(4,5)13-15/h6-7,9,11,15,26H,8,10,12-13H2,1-5H3,(H,22,27)(H,23,24,25). The summed E-state index contributed by atoms with van der Waals surface area (Å²) in [5, 5.41) is 10.1. The van der Waals surface area contributed by atoms with Crippen LogP contribution < -0.4 is 16.0 Å². The van der Waals surface area contributed by atoms with Gasteiger partial charge in [-0.05, 0) is 65.2 Å². The van der Waals surface area contributed by atoms with Crippen molar-refractivity contribution in [1.82, 2.24) is 20.6 Å². The van der Waals surface area contributed by atoms with E-state index in [2.05, 4.69) is 60.8 Å². The van der Waals surface area contributed by atoms with Crippen molar-refractivity contribution < 1.29 is 4.79 Å². The summed E-state index contributed by atoms with van der Waals surface area (Å²) in [6.07, 6.45) is 4.70. The number of rotatable bonds is 6. The molecular formula is C21H31N5OS. The Kier molecular flexibility index (Phi) is 6.05. The van der Waals surface area contributed by atoms with Gasteiger partial charge in [0.2, 0.25) is 11.9 Å². The normalized spacial score (nSPS) is 18.6. The molecule has 7 heteroatoms. The first-order valence-corrected chi connectivity index (χ1v) is 10.7. The van der Waals surface area contributed by atoms with Gasteiger partial charge in [-0.25, -0.2) is 9.97 Å². The molecule has 28 heavy (non-hydrogen) atoms. The Labute approximate surface area is 171 Å². The van der Waals surface area contributed by atoms with E-state index in [9.17, 15) is 4.79 Å². The lowest BCUT2D eigenvalue weighted by Gasteiger charge is -2.46. The lowest BCUT2D eigenvalue weighted by Crippen LogP contribution is -2.60. The summed E-state index contributed by atoms with van der Waals surface area (Å²) >= 11 is 1.71. The largest absolute Gasteiger partial charge is 0.356 e. The zero-order valence-electron chi connectivity index (χ0n) is 17.4. The number of nitrogens with zero attached hydrogens (tertiary/aromatic N) is 2. The molecule has 3 N–H and O–H groups in total. The van der Waals surface area contributed by atoms with Crippen LogP contribution in [0.5, 0.6) is 0 Å². The highest BCUT2D eigenvalue weighted by atomic mass is 32.1. The summed E-state index contributed by atoms with van der Waals surface area (Å²) in [6.45, 7) is 11.2. The Morgan fingerprint density at radius 2 is 1.93 bits per heavy atom. The number of nitrogens with one attached hydrogen (secondary N) is 3. The lowest BCUT2D eigenvalue weighted by atomic mass is 9.80. The van der Waals surface area contributed by atoms with E-state index in [0.717, 1.165) is 29.8 Å². The first kappa shape index (κ1) is 20.7. The zero-order valence-corrected chi connectivity index (χ0v) is 18.2. The number of aromatic nitrogens is 2. The first-order valence-electron chi connectivity index (χ1n) is 9.84. The van der Waals surface area contributed by atoms with Crippen LogP contribution in [0.2, 0.25) is 0 Å². The van der Waals surface area contributed by atoms with Crippen LogP contribution in [-0.4, -0.2) is 39.5 Å². The summed E-state index contributed by atoms with van der Waals surface area (Å²) in [4.78, 5) is 22.6. The van der Waals surface area contributed by atoms with Crippen molar-refractivity contribution in [2.75, 3.05) is 11.9 Å². The van der Waals surface area contributed by atoms with Crippen LogP contribution in [0, 0.1) is 0 Å². The predicted molar refractivity (Wildman–Crippen MR) is 116 cm³/mol. The number of thiophene rings is 1. The fourth-order valence-electron chi connectivity index (χ4n) is 4.18. The van der Waals surface area contributed by atoms with E-state index in [4.69, 9.17) is 4.98 Å². The molecule has 0 aliphatic carbocycles. The maximum Gasteiger partial charge on any atom is 0.223 e. The zero-order chi connectivity index (χ0) is 20.4. The maximum atomic E-state index is 11.0. The number of piperidine rings is 1. The van der Waals surface area contributed by atoms with Crippen LogP contribution in [0.4, 0.5) is 5.95 Å². The average molecular weight is 402 g/mol. The van der Waals surface area contributed by atoms with Gasteiger partial charge in [0.25, 0.3) is 0 Å². The van der Waals surface area contributed by atoms with Gasteiger partial charge in [-0.1, -0.05) is 0 Å². The highest BCUT2D eigenvalue weighted by Crippen LogP contribution is 2.31. The second kappa shape index (κ2) is 8.17. The number of amides is 1. The molecule has 1 amide bonds. The van der Waals surface area contributed by atoms with Crippen molar-refractivity contribution in [2.45, 2.75) is 71.0 Å². The Morgan fingerprint density at radius 1 is 1.21 bits per heavy atom. The number of hydrogen-bond donors (Lipinski definition) is 3. The van der Waals surface area contributed by atoms with Crippen LogP contribution in [0.25, 0.3) is 10.6 Å². The summed E-state index contributed by atoms with van der Waals surface area (Å²) in [6, 6.07) is 6.48. The molecule has 6 nitrogen and oxygen atoms in total. The highest BCUT2D eigenvalue weighted by Gasteiger charge is 2.37. The molecule has 1 aliphatic rings. The monoisotopic (exact) mass is 401 g/mol. The maximum absolute atomic E-state index is 11.0. The van der Waals surface area contributed by atoms with Crippen molar-refractivity contribution in [2.24, 2.45) is 0 Å². The lowest BCUT2D eigenvalue weighted by molar-refractivity contribution is -0.118. The van der Waals surface area contributed by atoms with E-state index in [0.29, 0.717) is 18.5 Å². The van der Waals surface area contributed by atoms with Gasteiger partial charge in [0, 0.05) is 41.7 Å². The van der Waals surface area contributed by atoms with Crippen molar-refractivity contribution >= 4 is 23.2 Å². The first-order chi connectivity index (χ1) is 13.1. The van der Waals surface area contributed by atoms with Gasteiger partial charge >= 0.3 is 0 Å². The fourth-order valence-corrected chi connectivity index (χ4v) is 5.16. The van der Waals surface area contributed by atoms with Gasteiger partial charge in [0.05, 0.1) is 10.6 Å². The minimum absolute atomic E-state index is 0.00700. The average Bonchev–Trinajstić information content (AvgIpc) is 3.00. The third kappa shape index (κ3) is 5.75. The molecule has 3 heterocycles. The summed E-state index contributed by atoms with van der Waals surface area (Å²) in [5.41, 5.74) is 1.09. The van der Waals surface area contributed by atoms with Crippen LogP contribution in [0.3, 0.4) is 0 Å². The third-order valence-electron chi connectivity index (χ3n) is 4.84. The van der Waals surface area contributed by atoms with Crippen LogP contribution >= 0.6 is 11.3 Å². The van der Waals surface area contributed by atoms with Crippen molar-refractivity contribution in [3.63, 3.8) is 0 Å². The number of anilines is 1. The molecule has 1 saturated heterocycles. The number of carbonyl (C=O) groups excluding carboxylic acids is 1. The van der Waals surface area contributed by atoms with Crippen LogP contribution in [-0.2, 0) is 11.2 Å². The second-order valence-electron chi connectivity index (χ2n) is 8.91. The molecule has 1 aliphatic heterocycles. The van der Waals surface area contributed by atoms with Gasteiger partial charge in [0.1, 0.15) is 0 Å². The van der Waals surface area contributed by atoms with Gasteiger partial charge < -0.3 is 16.0 Å². The van der Waals surface area contributed by atoms with E-state index in [-0.39, 0.29) is 17.0 Å². The Bertz CT molecular complexity index is 814. The number of carbonyl (C=O) groups is 1. The molecule has 0 unspecified atom stereocenters. The smallest absolute Gasteiger partial charge is 0.223 e. The molecule has 0 saturated carbocycles. The van der Waals surface area contributed by atoms with E-state index in [1.165, 1.54) is 4.88 Å². The summed E-state index contributed by atoms with van der Waals surface area (Å²) in [5.74, 6) is 0.691. The molecule has 0 atom stereocenters. The SMILES string of the molecule is CC(=O)NCCc1ccc(-c2ccnc(NC3CC(C)(C)NC(C)(C)C3)n2)s1. The quantitative estimate of drug-likeness (QED) is 0.689. The molecule has 152 valence electrons. The molecule has 1 fully saturated rings. The van der Waals surface area contributed by atoms with E-state index < -0.39 is 0 Å². The topological polar surface area (TPSA) is 78.9 Å². The molecule has 0 aromatic carbocycles. The summed E-state index contributed by atoms with van der Waals surface area (Å²) in [7, 11) is 0. The summed E-state index contributed by atoms with van der Waals surface area (Å²) < 4.78 is 0. The van der Waals surface area contributed by atoms with Crippen molar-refractivity contribution in [1.29, 1.82) is 0 Å². The van der Waals surface area contributed by atoms with Gasteiger partial charge in [0.15, 0.2) is 0 Å². The third-order valence-corrected chi connectivity index (χ3v) is 6.01. The molecule has 3 rings (SSSR count). The van der Waals surface area contributed by atoms with Crippen molar-refractivity contribution in [3.05, 3.63) is 29.3 Å². The molecule has 0 bridgehead atoms. The van der Waals surface area contributed by atoms with Gasteiger partial charge in [-0.15, -0.1) is 11.3 Å². The van der Waals surface area contributed by atoms with E-state index in [1.807, 2.05) is 12.3 Å².